The van der Waals surface area contributed by atoms with Crippen molar-refractivity contribution in [2.24, 2.45) is 0 Å². The number of rotatable bonds is 6. The molecule has 2 fully saturated rings. The average Bonchev–Trinajstić information content (AvgIpc) is 3.23. The molecule has 172 valence electrons. The van der Waals surface area contributed by atoms with Crippen molar-refractivity contribution in [1.29, 1.82) is 0 Å². The van der Waals surface area contributed by atoms with Crippen molar-refractivity contribution >= 4 is 17.3 Å². The van der Waals surface area contributed by atoms with Gasteiger partial charge in [-0.15, -0.1) is 6.42 Å². The molecule has 0 unspecified atom stereocenters. The van der Waals surface area contributed by atoms with Crippen LogP contribution in [0.15, 0.2) is 18.2 Å². The van der Waals surface area contributed by atoms with Gasteiger partial charge in [-0.2, -0.15) is 0 Å². The zero-order chi connectivity index (χ0) is 23.8. The molecule has 0 N–H and O–H groups in total. The number of terminal acetylenes is 1. The van der Waals surface area contributed by atoms with E-state index in [9.17, 15) is 25.0 Å². The molecular formula is C20H22N2O10. The lowest BCUT2D eigenvalue weighted by Gasteiger charge is -2.26. The maximum absolute atomic E-state index is 12.7. The van der Waals surface area contributed by atoms with Gasteiger partial charge in [0.2, 0.25) is 0 Å². The largest absolute Gasteiger partial charge is 0.443 e. The summed E-state index contributed by atoms with van der Waals surface area (Å²) in [5.74, 6) is -0.692. The topological polar surface area (TPSA) is 150 Å². The Kier molecular flexibility index (Phi) is 6.21. The standard InChI is InChI=1S/C20H22N2O10/c1-6-14(16-17(32-20(4,5)31-16)15-10-28-19(2,3)30-15)29-18(23)11-7-12(21(24)25)9-13(8-11)22(26)27/h1,7-9,14-17H,10H2,2-5H3/t14-,15-,16+,17-/m1/s1. The van der Waals surface area contributed by atoms with Crippen LogP contribution in [0.4, 0.5) is 11.4 Å². The Hall–Kier alpha value is -3.11. The lowest BCUT2D eigenvalue weighted by atomic mass is 10.0. The summed E-state index contributed by atoms with van der Waals surface area (Å²) in [5.41, 5.74) is -1.68. The minimum absolute atomic E-state index is 0.190. The minimum Gasteiger partial charge on any atom is -0.443 e. The van der Waals surface area contributed by atoms with E-state index in [1.54, 1.807) is 27.7 Å². The molecule has 12 heteroatoms. The highest BCUT2D eigenvalue weighted by molar-refractivity contribution is 5.91. The van der Waals surface area contributed by atoms with E-state index in [0.29, 0.717) is 0 Å². The molecule has 4 atom stereocenters. The quantitative estimate of drug-likeness (QED) is 0.273. The van der Waals surface area contributed by atoms with Crippen molar-refractivity contribution in [3.63, 3.8) is 0 Å². The summed E-state index contributed by atoms with van der Waals surface area (Å²) in [6.07, 6.45) is 2.05. The third-order valence-electron chi connectivity index (χ3n) is 4.82. The Labute approximate surface area is 183 Å². The minimum atomic E-state index is -1.28. The molecule has 1 aromatic rings. The van der Waals surface area contributed by atoms with E-state index < -0.39 is 68.7 Å². The van der Waals surface area contributed by atoms with Gasteiger partial charge in [0.05, 0.1) is 28.1 Å². The van der Waals surface area contributed by atoms with E-state index >= 15 is 0 Å². The number of hydrogen-bond donors (Lipinski definition) is 0. The van der Waals surface area contributed by atoms with Crippen LogP contribution in [0.3, 0.4) is 0 Å². The maximum Gasteiger partial charge on any atom is 0.339 e. The van der Waals surface area contributed by atoms with Crippen molar-refractivity contribution in [1.82, 2.24) is 0 Å². The fourth-order valence-electron chi connectivity index (χ4n) is 3.52. The van der Waals surface area contributed by atoms with Gasteiger partial charge in [0, 0.05) is 12.1 Å². The van der Waals surface area contributed by atoms with Crippen LogP contribution in [-0.4, -0.2) is 58.4 Å². The summed E-state index contributed by atoms with van der Waals surface area (Å²) in [7, 11) is 0. The van der Waals surface area contributed by atoms with Crippen LogP contribution in [0.25, 0.3) is 0 Å². The number of carbonyl (C=O) groups excluding carboxylic acids is 1. The third-order valence-corrected chi connectivity index (χ3v) is 4.82. The highest BCUT2D eigenvalue weighted by atomic mass is 16.8. The van der Waals surface area contributed by atoms with Crippen molar-refractivity contribution in [3.05, 3.63) is 44.0 Å². The smallest absolute Gasteiger partial charge is 0.339 e. The number of esters is 1. The van der Waals surface area contributed by atoms with Crippen LogP contribution < -0.4 is 0 Å². The molecule has 1 aromatic carbocycles. The van der Waals surface area contributed by atoms with Gasteiger partial charge in [0.25, 0.3) is 11.4 Å². The molecular weight excluding hydrogens is 428 g/mol. The van der Waals surface area contributed by atoms with Crippen LogP contribution >= 0.6 is 0 Å². The SMILES string of the molecule is C#C[C@@H](OC(=O)c1cc([N+](=O)[O-])cc([N+](=O)[O-])c1)[C@@H]1OC(C)(C)O[C@@H]1[C@H]1COC(C)(C)O1. The fourth-order valence-corrected chi connectivity index (χ4v) is 3.52. The highest BCUT2D eigenvalue weighted by Crippen LogP contribution is 2.37. The average molecular weight is 450 g/mol. The predicted molar refractivity (Wildman–Crippen MR) is 107 cm³/mol. The van der Waals surface area contributed by atoms with Crippen LogP contribution in [0, 0.1) is 32.6 Å². The summed E-state index contributed by atoms with van der Waals surface area (Å²) >= 11 is 0. The summed E-state index contributed by atoms with van der Waals surface area (Å²) in [6.45, 7) is 6.96. The van der Waals surface area contributed by atoms with Crippen molar-refractivity contribution in [2.45, 2.75) is 63.7 Å². The molecule has 2 aliphatic rings. The number of carbonyl (C=O) groups is 1. The zero-order valence-electron chi connectivity index (χ0n) is 17.8. The molecule has 0 amide bonds. The number of nitro groups is 2. The van der Waals surface area contributed by atoms with E-state index in [1.807, 2.05) is 0 Å². The van der Waals surface area contributed by atoms with E-state index in [-0.39, 0.29) is 6.61 Å². The summed E-state index contributed by atoms with van der Waals surface area (Å²) in [5, 5.41) is 22.2. The normalized spacial score (nSPS) is 26.8. The molecule has 0 radical (unpaired) electrons. The first-order valence-electron chi connectivity index (χ1n) is 9.60. The Balaban J connectivity index is 1.85. The lowest BCUT2D eigenvalue weighted by Crippen LogP contribution is -2.45. The van der Waals surface area contributed by atoms with Gasteiger partial charge in [-0.3, -0.25) is 20.2 Å². The molecule has 0 aromatic heterocycles. The van der Waals surface area contributed by atoms with Gasteiger partial charge in [-0.25, -0.2) is 4.79 Å². The summed E-state index contributed by atoms with van der Waals surface area (Å²) < 4.78 is 28.5. The van der Waals surface area contributed by atoms with Gasteiger partial charge < -0.3 is 23.7 Å². The summed E-state index contributed by atoms with van der Waals surface area (Å²) in [6, 6.07) is 2.47. The van der Waals surface area contributed by atoms with Gasteiger partial charge in [0.1, 0.15) is 18.3 Å². The number of ether oxygens (including phenoxy) is 5. The Morgan fingerprint density at radius 2 is 1.69 bits per heavy atom. The van der Waals surface area contributed by atoms with Gasteiger partial charge in [-0.1, -0.05) is 5.92 Å². The van der Waals surface area contributed by atoms with Crippen molar-refractivity contribution in [2.75, 3.05) is 6.61 Å². The van der Waals surface area contributed by atoms with Crippen LogP contribution in [-0.2, 0) is 23.7 Å². The van der Waals surface area contributed by atoms with Crippen molar-refractivity contribution < 1.29 is 38.3 Å². The molecule has 32 heavy (non-hydrogen) atoms. The van der Waals surface area contributed by atoms with Crippen LogP contribution in [0.5, 0.6) is 0 Å². The lowest BCUT2D eigenvalue weighted by molar-refractivity contribution is -0.394. The second kappa shape index (κ2) is 8.44. The van der Waals surface area contributed by atoms with E-state index in [0.717, 1.165) is 18.2 Å². The second-order valence-electron chi connectivity index (χ2n) is 8.18. The number of non-ortho nitro benzene ring substituents is 2. The van der Waals surface area contributed by atoms with Crippen LogP contribution in [0.2, 0.25) is 0 Å². The number of nitro benzene ring substituents is 2. The van der Waals surface area contributed by atoms with Gasteiger partial charge in [-0.05, 0) is 27.7 Å². The van der Waals surface area contributed by atoms with E-state index in [4.69, 9.17) is 30.1 Å². The molecule has 0 aliphatic carbocycles. The molecule has 0 spiro atoms. The van der Waals surface area contributed by atoms with Gasteiger partial charge >= 0.3 is 5.97 Å². The van der Waals surface area contributed by atoms with Crippen LogP contribution in [0.1, 0.15) is 38.1 Å². The number of hydrogen-bond acceptors (Lipinski definition) is 10. The Morgan fingerprint density at radius 1 is 1.09 bits per heavy atom. The monoisotopic (exact) mass is 450 g/mol. The van der Waals surface area contributed by atoms with E-state index in [1.165, 1.54) is 0 Å². The first-order chi connectivity index (χ1) is 14.8. The predicted octanol–water partition coefficient (Wildman–Crippen LogP) is 2.33. The fraction of sp³-hybridized carbons (Fsp3) is 0.550. The molecule has 0 saturated carbocycles. The zero-order valence-corrected chi connectivity index (χ0v) is 17.8. The second-order valence-corrected chi connectivity index (χ2v) is 8.18. The first kappa shape index (κ1) is 23.6. The molecule has 2 saturated heterocycles. The molecule has 2 heterocycles. The molecule has 0 bridgehead atoms. The third kappa shape index (κ3) is 5.03. The Bertz CT molecular complexity index is 951. The number of nitrogens with zero attached hydrogens (tertiary/aromatic N) is 2. The highest BCUT2D eigenvalue weighted by Gasteiger charge is 2.53. The maximum atomic E-state index is 12.7. The molecule has 3 rings (SSSR count). The van der Waals surface area contributed by atoms with Gasteiger partial charge in [0.15, 0.2) is 17.7 Å². The Morgan fingerprint density at radius 3 is 2.16 bits per heavy atom. The molecule has 2 aliphatic heterocycles. The van der Waals surface area contributed by atoms with E-state index in [2.05, 4.69) is 5.92 Å². The summed E-state index contributed by atoms with van der Waals surface area (Å²) in [4.78, 5) is 33.2. The molecule has 12 nitrogen and oxygen atoms in total. The van der Waals surface area contributed by atoms with Crippen molar-refractivity contribution in [3.8, 4) is 12.3 Å². The number of benzene rings is 1. The first-order valence-corrected chi connectivity index (χ1v) is 9.60.